The van der Waals surface area contributed by atoms with Gasteiger partial charge in [-0.25, -0.2) is 4.39 Å². The van der Waals surface area contributed by atoms with E-state index in [1.54, 1.807) is 0 Å². The third-order valence-electron chi connectivity index (χ3n) is 3.13. The number of amides is 1. The van der Waals surface area contributed by atoms with Crippen LogP contribution in [0.1, 0.15) is 12.0 Å². The number of carbonyl (C=O) groups excluding carboxylic acids is 1. The van der Waals surface area contributed by atoms with E-state index in [2.05, 4.69) is 5.32 Å². The van der Waals surface area contributed by atoms with Gasteiger partial charge in [0, 0.05) is 0 Å². The van der Waals surface area contributed by atoms with E-state index in [0.717, 1.165) is 5.56 Å². The Balaban J connectivity index is 1.94. The summed E-state index contributed by atoms with van der Waals surface area (Å²) in [4.78, 5) is 12.0. The lowest BCUT2D eigenvalue weighted by Crippen LogP contribution is -2.36. The summed E-state index contributed by atoms with van der Waals surface area (Å²) in [6.07, 6.45) is 1.16. The fourth-order valence-corrected chi connectivity index (χ4v) is 2.14. The second-order valence-corrected chi connectivity index (χ2v) is 5.12. The molecule has 0 bridgehead atoms. The van der Waals surface area contributed by atoms with Crippen molar-refractivity contribution in [3.05, 3.63) is 64.9 Å². The fraction of sp³-hybridized carbons (Fsp3) is 0.188. The van der Waals surface area contributed by atoms with Crippen LogP contribution in [0, 0.1) is 5.82 Å². The highest BCUT2D eigenvalue weighted by molar-refractivity contribution is 6.33. The van der Waals surface area contributed by atoms with Crippen molar-refractivity contribution in [1.29, 1.82) is 0 Å². The predicted molar refractivity (Wildman–Crippen MR) is 82.8 cm³/mol. The molecule has 3 N–H and O–H groups in total. The van der Waals surface area contributed by atoms with Crippen molar-refractivity contribution in [3.8, 4) is 0 Å². The molecule has 0 radical (unpaired) electrons. The SMILES string of the molecule is NC(CCc1ccccc1)C(=O)Nc1c(F)cccc1Cl. The Hall–Kier alpha value is -1.91. The zero-order valence-electron chi connectivity index (χ0n) is 11.4. The van der Waals surface area contributed by atoms with Crippen LogP contribution in [0.15, 0.2) is 48.5 Å². The van der Waals surface area contributed by atoms with Gasteiger partial charge in [-0.2, -0.15) is 0 Å². The molecule has 0 aliphatic carbocycles. The van der Waals surface area contributed by atoms with Crippen molar-refractivity contribution in [3.63, 3.8) is 0 Å². The molecule has 0 saturated heterocycles. The first-order chi connectivity index (χ1) is 10.1. The van der Waals surface area contributed by atoms with Gasteiger partial charge in [-0.05, 0) is 30.5 Å². The third kappa shape index (κ3) is 4.28. The minimum absolute atomic E-state index is 0.0284. The Morgan fingerprint density at radius 3 is 2.57 bits per heavy atom. The molecule has 1 atom stereocenters. The summed E-state index contributed by atoms with van der Waals surface area (Å²) in [7, 11) is 0. The number of carbonyl (C=O) groups is 1. The average molecular weight is 307 g/mol. The largest absolute Gasteiger partial charge is 0.321 e. The number of hydrogen-bond acceptors (Lipinski definition) is 2. The molecule has 2 aromatic carbocycles. The summed E-state index contributed by atoms with van der Waals surface area (Å²) in [6, 6.07) is 13.2. The maximum absolute atomic E-state index is 13.6. The lowest BCUT2D eigenvalue weighted by Gasteiger charge is -2.13. The molecule has 0 spiro atoms. The van der Waals surface area contributed by atoms with Crippen LogP contribution in [0.5, 0.6) is 0 Å². The van der Waals surface area contributed by atoms with Crippen LogP contribution in [0.3, 0.4) is 0 Å². The zero-order valence-corrected chi connectivity index (χ0v) is 12.1. The van der Waals surface area contributed by atoms with Gasteiger partial charge >= 0.3 is 0 Å². The second-order valence-electron chi connectivity index (χ2n) is 4.72. The van der Waals surface area contributed by atoms with Crippen molar-refractivity contribution in [2.75, 3.05) is 5.32 Å². The molecule has 110 valence electrons. The Bertz CT molecular complexity index is 599. The van der Waals surface area contributed by atoms with Gasteiger partial charge in [-0.1, -0.05) is 48.0 Å². The van der Waals surface area contributed by atoms with E-state index in [-0.39, 0.29) is 10.7 Å². The van der Waals surface area contributed by atoms with Gasteiger partial charge in [-0.15, -0.1) is 0 Å². The van der Waals surface area contributed by atoms with Gasteiger partial charge < -0.3 is 11.1 Å². The highest BCUT2D eigenvalue weighted by Gasteiger charge is 2.16. The Kier molecular flexibility index (Phi) is 5.31. The van der Waals surface area contributed by atoms with Gasteiger partial charge in [0.1, 0.15) is 5.82 Å². The highest BCUT2D eigenvalue weighted by atomic mass is 35.5. The Morgan fingerprint density at radius 1 is 1.19 bits per heavy atom. The van der Waals surface area contributed by atoms with Crippen LogP contribution in [-0.2, 0) is 11.2 Å². The molecule has 1 amide bonds. The number of anilines is 1. The summed E-state index contributed by atoms with van der Waals surface area (Å²) >= 11 is 5.86. The van der Waals surface area contributed by atoms with Crippen LogP contribution >= 0.6 is 11.6 Å². The summed E-state index contributed by atoms with van der Waals surface area (Å²) < 4.78 is 13.6. The van der Waals surface area contributed by atoms with Crippen LogP contribution in [0.4, 0.5) is 10.1 Å². The summed E-state index contributed by atoms with van der Waals surface area (Å²) in [6.45, 7) is 0. The first-order valence-electron chi connectivity index (χ1n) is 6.62. The van der Waals surface area contributed by atoms with Gasteiger partial charge in [0.25, 0.3) is 0 Å². The summed E-state index contributed by atoms with van der Waals surface area (Å²) in [5.74, 6) is -1.02. The molecular formula is C16H16ClFN2O. The van der Waals surface area contributed by atoms with E-state index in [1.165, 1.54) is 18.2 Å². The predicted octanol–water partition coefficient (Wildman–Crippen LogP) is 3.38. The molecular weight excluding hydrogens is 291 g/mol. The number of para-hydroxylation sites is 1. The maximum atomic E-state index is 13.6. The van der Waals surface area contributed by atoms with E-state index in [0.29, 0.717) is 12.8 Å². The molecule has 0 fully saturated rings. The highest BCUT2D eigenvalue weighted by Crippen LogP contribution is 2.24. The van der Waals surface area contributed by atoms with Gasteiger partial charge in [0.05, 0.1) is 16.8 Å². The minimum atomic E-state index is -0.721. The molecule has 0 aliphatic rings. The lowest BCUT2D eigenvalue weighted by atomic mass is 10.1. The average Bonchev–Trinajstić information content (AvgIpc) is 2.49. The van der Waals surface area contributed by atoms with Crippen LogP contribution < -0.4 is 11.1 Å². The molecule has 0 aliphatic heterocycles. The zero-order chi connectivity index (χ0) is 15.2. The number of rotatable bonds is 5. The van der Waals surface area contributed by atoms with Crippen molar-refractivity contribution < 1.29 is 9.18 Å². The van der Waals surface area contributed by atoms with Gasteiger partial charge in [0.2, 0.25) is 5.91 Å². The fourth-order valence-electron chi connectivity index (χ4n) is 1.93. The number of benzene rings is 2. The molecule has 3 nitrogen and oxygen atoms in total. The Labute approximate surface area is 127 Å². The van der Waals surface area contributed by atoms with Crippen LogP contribution in [-0.4, -0.2) is 11.9 Å². The van der Waals surface area contributed by atoms with Crippen molar-refractivity contribution in [2.24, 2.45) is 5.73 Å². The number of hydrogen-bond donors (Lipinski definition) is 2. The molecule has 0 saturated carbocycles. The number of halogens is 2. The summed E-state index contributed by atoms with van der Waals surface area (Å²) in [5, 5.41) is 2.60. The third-order valence-corrected chi connectivity index (χ3v) is 3.45. The smallest absolute Gasteiger partial charge is 0.241 e. The number of nitrogens with one attached hydrogen (secondary N) is 1. The van der Waals surface area contributed by atoms with E-state index in [4.69, 9.17) is 17.3 Å². The topological polar surface area (TPSA) is 55.1 Å². The van der Waals surface area contributed by atoms with E-state index in [1.807, 2.05) is 30.3 Å². The van der Waals surface area contributed by atoms with Crippen LogP contribution in [0.25, 0.3) is 0 Å². The first-order valence-corrected chi connectivity index (χ1v) is 7.00. The van der Waals surface area contributed by atoms with Crippen molar-refractivity contribution >= 4 is 23.2 Å². The maximum Gasteiger partial charge on any atom is 0.241 e. The molecule has 0 heterocycles. The van der Waals surface area contributed by atoms with Gasteiger partial charge in [0.15, 0.2) is 0 Å². The van der Waals surface area contributed by atoms with E-state index in [9.17, 15) is 9.18 Å². The number of aryl methyl sites for hydroxylation is 1. The molecule has 5 heteroatoms. The lowest BCUT2D eigenvalue weighted by molar-refractivity contribution is -0.117. The Morgan fingerprint density at radius 2 is 1.90 bits per heavy atom. The quantitative estimate of drug-likeness (QED) is 0.890. The van der Waals surface area contributed by atoms with Crippen LogP contribution in [0.2, 0.25) is 5.02 Å². The first kappa shape index (κ1) is 15.5. The van der Waals surface area contributed by atoms with E-state index >= 15 is 0 Å². The molecule has 21 heavy (non-hydrogen) atoms. The molecule has 2 rings (SSSR count). The molecule has 2 aromatic rings. The van der Waals surface area contributed by atoms with Crippen molar-refractivity contribution in [1.82, 2.24) is 0 Å². The van der Waals surface area contributed by atoms with Crippen molar-refractivity contribution in [2.45, 2.75) is 18.9 Å². The second kappa shape index (κ2) is 7.20. The summed E-state index contributed by atoms with van der Waals surface area (Å²) in [5.41, 5.74) is 6.91. The number of nitrogens with two attached hydrogens (primary N) is 1. The monoisotopic (exact) mass is 306 g/mol. The molecule has 0 aromatic heterocycles. The minimum Gasteiger partial charge on any atom is -0.321 e. The standard InChI is InChI=1S/C16H16ClFN2O/c17-12-7-4-8-13(18)15(12)20-16(21)14(19)10-9-11-5-2-1-3-6-11/h1-8,14H,9-10,19H2,(H,20,21). The molecule has 1 unspecified atom stereocenters. The van der Waals surface area contributed by atoms with E-state index < -0.39 is 17.8 Å². The van der Waals surface area contributed by atoms with Gasteiger partial charge in [-0.3, -0.25) is 4.79 Å². The normalized spacial score (nSPS) is 12.0.